The molecule has 8 nitrogen and oxygen atoms in total. The molecule has 0 saturated carbocycles. The molecule has 0 radical (unpaired) electrons. The summed E-state index contributed by atoms with van der Waals surface area (Å²) in [4.78, 5) is 14.3. The molecular weight excluding hydrogens is 407 g/mol. The van der Waals surface area contributed by atoms with Gasteiger partial charge in [0.15, 0.2) is 0 Å². The largest absolute Gasteiger partial charge is 0.478 e. The number of aromatic nitrogens is 5. The fourth-order valence-corrected chi connectivity index (χ4v) is 3.97. The molecule has 0 fully saturated rings. The number of anilines is 1. The van der Waals surface area contributed by atoms with Crippen LogP contribution in [0.15, 0.2) is 64.5 Å². The second-order valence-electron chi connectivity index (χ2n) is 5.93. The van der Waals surface area contributed by atoms with Crippen LogP contribution in [0.4, 0.5) is 5.82 Å². The van der Waals surface area contributed by atoms with Crippen molar-refractivity contribution in [2.24, 2.45) is 0 Å². The first-order chi connectivity index (χ1) is 14.2. The SMILES string of the molecule is COc1nc(C)cnc1N(P)Sc1cccnc1-c1ccc(-c2nnco2)cc1. The molecule has 0 aliphatic heterocycles. The lowest BCUT2D eigenvalue weighted by Crippen LogP contribution is -2.05. The molecule has 10 heteroatoms. The zero-order valence-corrected chi connectivity index (χ0v) is 17.7. The van der Waals surface area contributed by atoms with Gasteiger partial charge in [-0.3, -0.25) is 9.06 Å². The van der Waals surface area contributed by atoms with Crippen molar-refractivity contribution >= 4 is 27.2 Å². The Labute approximate surface area is 174 Å². The van der Waals surface area contributed by atoms with E-state index in [0.717, 1.165) is 27.4 Å². The summed E-state index contributed by atoms with van der Waals surface area (Å²) in [5, 5.41) is 7.64. The molecule has 4 rings (SSSR count). The normalized spacial score (nSPS) is 10.7. The van der Waals surface area contributed by atoms with Crippen molar-refractivity contribution in [1.82, 2.24) is 25.1 Å². The summed E-state index contributed by atoms with van der Waals surface area (Å²) in [6.45, 7) is 1.87. The van der Waals surface area contributed by atoms with Crippen LogP contribution in [0.5, 0.6) is 5.88 Å². The topological polar surface area (TPSA) is 90.1 Å². The molecule has 0 saturated heterocycles. The van der Waals surface area contributed by atoms with E-state index < -0.39 is 0 Å². The molecule has 0 amide bonds. The minimum atomic E-state index is 0.460. The van der Waals surface area contributed by atoms with E-state index in [4.69, 9.17) is 9.15 Å². The number of rotatable bonds is 6. The minimum absolute atomic E-state index is 0.460. The van der Waals surface area contributed by atoms with Crippen LogP contribution < -0.4 is 8.81 Å². The molecular formula is C19H17N6O2PS. The summed E-state index contributed by atoms with van der Waals surface area (Å²) < 4.78 is 12.4. The van der Waals surface area contributed by atoms with Gasteiger partial charge in [-0.15, -0.1) is 10.2 Å². The van der Waals surface area contributed by atoms with E-state index in [-0.39, 0.29) is 0 Å². The third-order valence-electron chi connectivity index (χ3n) is 3.98. The zero-order chi connectivity index (χ0) is 20.2. The quantitative estimate of drug-likeness (QED) is 0.333. The van der Waals surface area contributed by atoms with Crippen LogP contribution >= 0.6 is 21.3 Å². The highest BCUT2D eigenvalue weighted by atomic mass is 32.2. The van der Waals surface area contributed by atoms with E-state index in [1.807, 2.05) is 47.4 Å². The summed E-state index contributed by atoms with van der Waals surface area (Å²) in [6.07, 6.45) is 4.78. The molecule has 0 aliphatic carbocycles. The highest BCUT2D eigenvalue weighted by molar-refractivity contribution is 8.04. The first-order valence-electron chi connectivity index (χ1n) is 8.58. The van der Waals surface area contributed by atoms with Gasteiger partial charge in [-0.2, -0.15) is 0 Å². The zero-order valence-electron chi connectivity index (χ0n) is 15.7. The number of hydrogen-bond donors (Lipinski definition) is 0. The molecule has 0 spiro atoms. The van der Waals surface area contributed by atoms with Gasteiger partial charge < -0.3 is 9.15 Å². The number of benzene rings is 1. The molecule has 0 N–H and O–H groups in total. The Kier molecular flexibility index (Phi) is 5.69. The molecule has 1 atom stereocenters. The van der Waals surface area contributed by atoms with Crippen molar-refractivity contribution in [3.05, 3.63) is 60.9 Å². The van der Waals surface area contributed by atoms with Crippen LogP contribution in [0.1, 0.15) is 5.69 Å². The molecule has 3 heterocycles. The molecule has 1 unspecified atom stereocenters. The van der Waals surface area contributed by atoms with Crippen LogP contribution in [0.2, 0.25) is 0 Å². The highest BCUT2D eigenvalue weighted by Crippen LogP contribution is 2.39. The Bertz CT molecular complexity index is 1110. The standard InChI is InChI=1S/C19H17N6O2PS/c1-12-10-21-17(19(23-12)26-2)25(28)29-15-4-3-9-20-16(15)13-5-7-14(8-6-13)18-24-22-11-27-18/h3-11H,28H2,1-2H3. The first-order valence-corrected chi connectivity index (χ1v) is 9.87. The van der Waals surface area contributed by atoms with Crippen LogP contribution in [-0.4, -0.2) is 32.3 Å². The van der Waals surface area contributed by atoms with Crippen LogP contribution in [-0.2, 0) is 0 Å². The van der Waals surface area contributed by atoms with Gasteiger partial charge in [-0.1, -0.05) is 12.1 Å². The summed E-state index contributed by atoms with van der Waals surface area (Å²) in [6, 6.07) is 11.7. The van der Waals surface area contributed by atoms with Gasteiger partial charge in [0, 0.05) is 17.3 Å². The van der Waals surface area contributed by atoms with E-state index >= 15 is 0 Å². The third kappa shape index (κ3) is 4.21. The van der Waals surface area contributed by atoms with Gasteiger partial charge in [0.25, 0.3) is 5.88 Å². The highest BCUT2D eigenvalue weighted by Gasteiger charge is 2.16. The Morgan fingerprint density at radius 3 is 2.62 bits per heavy atom. The molecule has 29 heavy (non-hydrogen) atoms. The summed E-state index contributed by atoms with van der Waals surface area (Å²) in [7, 11) is 4.22. The van der Waals surface area contributed by atoms with E-state index in [1.165, 1.54) is 18.3 Å². The Hall–Kier alpha value is -3.03. The molecule has 1 aromatic carbocycles. The minimum Gasteiger partial charge on any atom is -0.478 e. The van der Waals surface area contributed by atoms with Crippen molar-refractivity contribution in [1.29, 1.82) is 0 Å². The van der Waals surface area contributed by atoms with Gasteiger partial charge in [-0.05, 0) is 52.5 Å². The number of pyridine rings is 1. The molecule has 3 aromatic heterocycles. The van der Waals surface area contributed by atoms with Crippen LogP contribution in [0.3, 0.4) is 0 Å². The van der Waals surface area contributed by atoms with Gasteiger partial charge in [0.2, 0.25) is 18.1 Å². The summed E-state index contributed by atoms with van der Waals surface area (Å²) in [5.74, 6) is 1.55. The van der Waals surface area contributed by atoms with Crippen molar-refractivity contribution in [3.63, 3.8) is 0 Å². The monoisotopic (exact) mass is 424 g/mol. The lowest BCUT2D eigenvalue weighted by Gasteiger charge is -2.19. The van der Waals surface area contributed by atoms with E-state index in [0.29, 0.717) is 17.6 Å². The van der Waals surface area contributed by atoms with Gasteiger partial charge >= 0.3 is 0 Å². The van der Waals surface area contributed by atoms with Crippen molar-refractivity contribution in [3.8, 4) is 28.6 Å². The first kappa shape index (κ1) is 19.3. The number of hydrogen-bond acceptors (Lipinski definition) is 9. The smallest absolute Gasteiger partial charge is 0.258 e. The molecule has 0 aliphatic rings. The maximum absolute atomic E-state index is 5.37. The second kappa shape index (κ2) is 8.55. The summed E-state index contributed by atoms with van der Waals surface area (Å²) in [5.41, 5.74) is 3.46. The number of methoxy groups -OCH3 is 1. The van der Waals surface area contributed by atoms with E-state index in [9.17, 15) is 0 Å². The predicted molar refractivity (Wildman–Crippen MR) is 114 cm³/mol. The van der Waals surface area contributed by atoms with E-state index in [1.54, 1.807) is 19.5 Å². The van der Waals surface area contributed by atoms with E-state index in [2.05, 4.69) is 34.5 Å². The lowest BCUT2D eigenvalue weighted by atomic mass is 10.1. The fraction of sp³-hybridized carbons (Fsp3) is 0.105. The average Bonchev–Trinajstić information content (AvgIpc) is 3.29. The average molecular weight is 424 g/mol. The second-order valence-corrected chi connectivity index (χ2v) is 7.84. The van der Waals surface area contributed by atoms with Crippen LogP contribution in [0, 0.1) is 6.92 Å². The van der Waals surface area contributed by atoms with Crippen molar-refractivity contribution in [2.45, 2.75) is 11.8 Å². The van der Waals surface area contributed by atoms with Gasteiger partial charge in [0.05, 0.1) is 29.6 Å². The van der Waals surface area contributed by atoms with Crippen molar-refractivity contribution < 1.29 is 9.15 Å². The van der Waals surface area contributed by atoms with Crippen LogP contribution in [0.25, 0.3) is 22.7 Å². The summed E-state index contributed by atoms with van der Waals surface area (Å²) >= 11 is 1.47. The number of nitrogens with zero attached hydrogens (tertiary/aromatic N) is 6. The van der Waals surface area contributed by atoms with Crippen molar-refractivity contribution in [2.75, 3.05) is 11.2 Å². The predicted octanol–water partition coefficient (Wildman–Crippen LogP) is 4.21. The maximum Gasteiger partial charge on any atom is 0.258 e. The maximum atomic E-state index is 5.37. The Morgan fingerprint density at radius 1 is 1.10 bits per heavy atom. The molecule has 0 bridgehead atoms. The van der Waals surface area contributed by atoms with Gasteiger partial charge in [-0.25, -0.2) is 9.97 Å². The van der Waals surface area contributed by atoms with Gasteiger partial charge in [0.1, 0.15) is 0 Å². The molecule has 4 aromatic rings. The molecule has 146 valence electrons. The lowest BCUT2D eigenvalue weighted by molar-refractivity contribution is 0.397. The Balaban J connectivity index is 1.62. The third-order valence-corrected chi connectivity index (χ3v) is 5.43. The Morgan fingerprint density at radius 2 is 1.90 bits per heavy atom. The number of aryl methyl sites for hydroxylation is 1. The fourth-order valence-electron chi connectivity index (χ4n) is 2.64. The number of ether oxygens (including phenoxy) is 1.